The zero-order chi connectivity index (χ0) is 15.6. The molecule has 0 fully saturated rings. The fourth-order valence-corrected chi connectivity index (χ4v) is 2.79. The zero-order valence-electron chi connectivity index (χ0n) is 12.8. The minimum absolute atomic E-state index is 0.142. The van der Waals surface area contributed by atoms with Crippen LogP contribution in [0.4, 0.5) is 0 Å². The molecular formula is C17H21ClN2O. The first-order chi connectivity index (χ1) is 9.97. The highest BCUT2D eigenvalue weighted by Gasteiger charge is 2.20. The summed E-state index contributed by atoms with van der Waals surface area (Å²) >= 11 is 6.11. The van der Waals surface area contributed by atoms with E-state index >= 15 is 0 Å². The third-order valence-corrected chi connectivity index (χ3v) is 4.11. The number of hydrogen-bond acceptors (Lipinski definition) is 3. The molecule has 0 aliphatic carbocycles. The van der Waals surface area contributed by atoms with E-state index in [1.54, 1.807) is 7.11 Å². The molecule has 0 saturated heterocycles. The van der Waals surface area contributed by atoms with E-state index in [4.69, 9.17) is 22.2 Å². The molecule has 0 bridgehead atoms. The number of aryl methyl sites for hydroxylation is 3. The fourth-order valence-electron chi connectivity index (χ4n) is 2.67. The third kappa shape index (κ3) is 3.21. The maximum absolute atomic E-state index is 6.11. The van der Waals surface area contributed by atoms with Crippen molar-refractivity contribution in [1.29, 1.82) is 0 Å². The van der Waals surface area contributed by atoms with Crippen molar-refractivity contribution in [2.75, 3.05) is 7.11 Å². The maximum atomic E-state index is 6.11. The lowest BCUT2D eigenvalue weighted by Crippen LogP contribution is -2.30. The van der Waals surface area contributed by atoms with Crippen molar-refractivity contribution in [3.63, 3.8) is 0 Å². The first kappa shape index (κ1) is 15.8. The summed E-state index contributed by atoms with van der Waals surface area (Å²) in [5, 5.41) is 0.752. The zero-order valence-corrected chi connectivity index (χ0v) is 13.6. The molecule has 1 atom stereocenters. The minimum Gasteiger partial charge on any atom is -0.496 e. The van der Waals surface area contributed by atoms with Crippen LogP contribution in [0.2, 0.25) is 5.02 Å². The second kappa shape index (κ2) is 6.48. The lowest BCUT2D eigenvalue weighted by Gasteiger charge is -2.23. The Hall–Kier alpha value is -1.55. The average Bonchev–Trinajstić information content (AvgIpc) is 2.45. The summed E-state index contributed by atoms with van der Waals surface area (Å²) in [5.74, 6) is 6.65. The molecule has 1 unspecified atom stereocenters. The molecular weight excluding hydrogens is 284 g/mol. The third-order valence-electron chi connectivity index (χ3n) is 3.68. The van der Waals surface area contributed by atoms with Crippen LogP contribution in [0.3, 0.4) is 0 Å². The normalized spacial score (nSPS) is 12.3. The van der Waals surface area contributed by atoms with E-state index in [9.17, 15) is 0 Å². The SMILES string of the molecule is COc1cc(C)cc(C)c1C(NN)c1ccc(Cl)c(C)c1. The molecule has 0 saturated carbocycles. The second-order valence-corrected chi connectivity index (χ2v) is 5.71. The molecule has 0 spiro atoms. The van der Waals surface area contributed by atoms with Crippen LogP contribution in [0, 0.1) is 20.8 Å². The monoisotopic (exact) mass is 304 g/mol. The molecule has 2 aromatic rings. The number of methoxy groups -OCH3 is 1. The van der Waals surface area contributed by atoms with Gasteiger partial charge in [-0.3, -0.25) is 5.84 Å². The number of ether oxygens (including phenoxy) is 1. The topological polar surface area (TPSA) is 47.3 Å². The van der Waals surface area contributed by atoms with Gasteiger partial charge in [0.2, 0.25) is 0 Å². The molecule has 0 aliphatic rings. The van der Waals surface area contributed by atoms with Crippen molar-refractivity contribution in [1.82, 2.24) is 5.43 Å². The molecule has 0 aromatic heterocycles. The van der Waals surface area contributed by atoms with Gasteiger partial charge in [-0.25, -0.2) is 5.43 Å². The molecule has 0 heterocycles. The molecule has 0 radical (unpaired) electrons. The van der Waals surface area contributed by atoms with E-state index in [0.717, 1.165) is 38.6 Å². The van der Waals surface area contributed by atoms with E-state index in [2.05, 4.69) is 25.3 Å². The van der Waals surface area contributed by atoms with Crippen molar-refractivity contribution < 1.29 is 4.74 Å². The molecule has 3 N–H and O–H groups in total. The number of hydrazine groups is 1. The van der Waals surface area contributed by atoms with Crippen molar-refractivity contribution in [2.24, 2.45) is 5.84 Å². The Bertz CT molecular complexity index is 655. The van der Waals surface area contributed by atoms with Crippen LogP contribution < -0.4 is 16.0 Å². The van der Waals surface area contributed by atoms with Gasteiger partial charge in [0.05, 0.1) is 13.2 Å². The summed E-state index contributed by atoms with van der Waals surface area (Å²) in [6.45, 7) is 6.10. The Kier molecular flexibility index (Phi) is 4.88. The van der Waals surface area contributed by atoms with E-state index in [0.29, 0.717) is 0 Å². The lowest BCUT2D eigenvalue weighted by molar-refractivity contribution is 0.403. The van der Waals surface area contributed by atoms with Crippen LogP contribution in [0.15, 0.2) is 30.3 Å². The summed E-state index contributed by atoms with van der Waals surface area (Å²) in [6, 6.07) is 9.94. The Morgan fingerprint density at radius 2 is 1.81 bits per heavy atom. The maximum Gasteiger partial charge on any atom is 0.124 e. The standard InChI is InChI=1S/C17H21ClN2O/c1-10-7-12(3)16(15(8-10)21-4)17(20-19)13-5-6-14(18)11(2)9-13/h5-9,17,20H,19H2,1-4H3. The smallest absolute Gasteiger partial charge is 0.124 e. The van der Waals surface area contributed by atoms with Crippen molar-refractivity contribution >= 4 is 11.6 Å². The van der Waals surface area contributed by atoms with Crippen LogP contribution in [0.25, 0.3) is 0 Å². The quantitative estimate of drug-likeness (QED) is 0.666. The Labute approximate surface area is 131 Å². The van der Waals surface area contributed by atoms with E-state index in [1.807, 2.05) is 31.2 Å². The van der Waals surface area contributed by atoms with Gasteiger partial charge in [0.1, 0.15) is 5.75 Å². The number of hydrogen-bond donors (Lipinski definition) is 2. The summed E-state index contributed by atoms with van der Waals surface area (Å²) in [6.07, 6.45) is 0. The highest BCUT2D eigenvalue weighted by atomic mass is 35.5. The minimum atomic E-state index is -0.142. The highest BCUT2D eigenvalue weighted by molar-refractivity contribution is 6.31. The van der Waals surface area contributed by atoms with Gasteiger partial charge >= 0.3 is 0 Å². The summed E-state index contributed by atoms with van der Waals surface area (Å²) in [5.41, 5.74) is 8.33. The van der Waals surface area contributed by atoms with Crippen LogP contribution in [-0.2, 0) is 0 Å². The Morgan fingerprint density at radius 3 is 2.38 bits per heavy atom. The van der Waals surface area contributed by atoms with Gasteiger partial charge in [-0.15, -0.1) is 0 Å². The second-order valence-electron chi connectivity index (χ2n) is 5.31. The predicted octanol–water partition coefficient (Wildman–Crippen LogP) is 3.83. The average molecular weight is 305 g/mol. The van der Waals surface area contributed by atoms with Crippen LogP contribution in [-0.4, -0.2) is 7.11 Å². The van der Waals surface area contributed by atoms with Gasteiger partial charge in [0.15, 0.2) is 0 Å². The van der Waals surface area contributed by atoms with Gasteiger partial charge < -0.3 is 4.74 Å². The molecule has 21 heavy (non-hydrogen) atoms. The van der Waals surface area contributed by atoms with Crippen molar-refractivity contribution in [3.8, 4) is 5.75 Å². The van der Waals surface area contributed by atoms with E-state index in [-0.39, 0.29) is 6.04 Å². The molecule has 0 amide bonds. The summed E-state index contributed by atoms with van der Waals surface area (Å²) in [7, 11) is 1.68. The number of benzene rings is 2. The molecule has 3 nitrogen and oxygen atoms in total. The molecule has 0 aliphatic heterocycles. The fraction of sp³-hybridized carbons (Fsp3) is 0.294. The van der Waals surface area contributed by atoms with Crippen LogP contribution in [0.5, 0.6) is 5.75 Å². The van der Waals surface area contributed by atoms with Gasteiger partial charge in [0, 0.05) is 10.6 Å². The predicted molar refractivity (Wildman–Crippen MR) is 87.8 cm³/mol. The van der Waals surface area contributed by atoms with Gasteiger partial charge in [-0.1, -0.05) is 29.8 Å². The largest absolute Gasteiger partial charge is 0.496 e. The van der Waals surface area contributed by atoms with Crippen molar-refractivity contribution in [2.45, 2.75) is 26.8 Å². The van der Waals surface area contributed by atoms with E-state index < -0.39 is 0 Å². The molecule has 2 aromatic carbocycles. The number of nitrogens with two attached hydrogens (primary N) is 1. The number of rotatable bonds is 4. The van der Waals surface area contributed by atoms with Gasteiger partial charge in [0.25, 0.3) is 0 Å². The summed E-state index contributed by atoms with van der Waals surface area (Å²) < 4.78 is 5.54. The highest BCUT2D eigenvalue weighted by Crippen LogP contribution is 2.34. The van der Waals surface area contributed by atoms with Crippen molar-refractivity contribution in [3.05, 3.63) is 63.2 Å². The molecule has 4 heteroatoms. The first-order valence-corrected chi connectivity index (χ1v) is 7.23. The number of halogens is 1. The van der Waals surface area contributed by atoms with Gasteiger partial charge in [-0.05, 0) is 55.2 Å². The number of nitrogens with one attached hydrogen (secondary N) is 1. The van der Waals surface area contributed by atoms with Crippen LogP contribution >= 0.6 is 11.6 Å². The Balaban J connectivity index is 2.58. The van der Waals surface area contributed by atoms with E-state index in [1.165, 1.54) is 0 Å². The lowest BCUT2D eigenvalue weighted by atomic mass is 9.92. The van der Waals surface area contributed by atoms with Crippen LogP contribution in [0.1, 0.15) is 33.9 Å². The Morgan fingerprint density at radius 1 is 1.10 bits per heavy atom. The van der Waals surface area contributed by atoms with Gasteiger partial charge in [-0.2, -0.15) is 0 Å². The first-order valence-electron chi connectivity index (χ1n) is 6.85. The molecule has 2 rings (SSSR count). The molecule has 112 valence electrons. The summed E-state index contributed by atoms with van der Waals surface area (Å²) in [4.78, 5) is 0.